The molecule has 0 saturated carbocycles. The lowest BCUT2D eigenvalue weighted by atomic mass is 10.3. The van der Waals surface area contributed by atoms with Crippen LogP contribution in [0.25, 0.3) is 0 Å². The van der Waals surface area contributed by atoms with Crippen molar-refractivity contribution < 1.29 is 4.79 Å². The first-order chi connectivity index (χ1) is 6.16. The monoisotopic (exact) mass is 235 g/mol. The zero-order valence-corrected chi connectivity index (χ0v) is 9.51. The number of rotatable bonds is 4. The van der Waals surface area contributed by atoms with E-state index in [0.717, 1.165) is 15.5 Å². The van der Waals surface area contributed by atoms with Crippen LogP contribution in [0.5, 0.6) is 0 Å². The van der Waals surface area contributed by atoms with Crippen LogP contribution in [0.4, 0.5) is 0 Å². The minimum Gasteiger partial charge on any atom is -0.316 e. The third-order valence-corrected chi connectivity index (χ3v) is 3.80. The second-order valence-electron chi connectivity index (χ2n) is 2.36. The van der Waals surface area contributed by atoms with Gasteiger partial charge in [0.1, 0.15) is 6.04 Å². The van der Waals surface area contributed by atoms with E-state index >= 15 is 0 Å². The average molecular weight is 236 g/mol. The maximum Gasteiger partial charge on any atom is 0.243 e. The summed E-state index contributed by atoms with van der Waals surface area (Å²) in [6.45, 7) is 2.06. The summed E-state index contributed by atoms with van der Waals surface area (Å²) in [5.41, 5.74) is 5.63. The van der Waals surface area contributed by atoms with Crippen LogP contribution in [0.2, 0.25) is 0 Å². The van der Waals surface area contributed by atoms with Crippen molar-refractivity contribution in [3.05, 3.63) is 16.3 Å². The first kappa shape index (κ1) is 11.0. The Morgan fingerprint density at radius 3 is 3.08 bits per heavy atom. The molecule has 0 saturated heterocycles. The summed E-state index contributed by atoms with van der Waals surface area (Å²) in [5, 5.41) is 1.42. The maximum atomic E-state index is 10.8. The number of nitrogens with two attached hydrogens (primary N) is 1. The second kappa shape index (κ2) is 5.00. The van der Waals surface area contributed by atoms with Crippen molar-refractivity contribution in [2.45, 2.75) is 17.9 Å². The third-order valence-electron chi connectivity index (χ3n) is 1.48. The van der Waals surface area contributed by atoms with Gasteiger partial charge in [0.25, 0.3) is 0 Å². The van der Waals surface area contributed by atoms with Crippen LogP contribution in [-0.4, -0.2) is 11.0 Å². The van der Waals surface area contributed by atoms with E-state index in [1.807, 2.05) is 11.4 Å². The highest BCUT2D eigenvalue weighted by atomic mass is 35.5. The average Bonchev–Trinajstić information content (AvgIpc) is 2.52. The van der Waals surface area contributed by atoms with E-state index in [2.05, 4.69) is 6.92 Å². The van der Waals surface area contributed by atoms with Crippen LogP contribution in [-0.2, 0) is 4.79 Å². The molecular weight excluding hydrogens is 226 g/mol. The molecule has 72 valence electrons. The highest BCUT2D eigenvalue weighted by molar-refractivity contribution is 7.99. The Morgan fingerprint density at radius 2 is 2.54 bits per heavy atom. The van der Waals surface area contributed by atoms with Crippen LogP contribution in [0.1, 0.15) is 17.8 Å². The first-order valence-electron chi connectivity index (χ1n) is 3.82. The van der Waals surface area contributed by atoms with Crippen molar-refractivity contribution in [2.24, 2.45) is 5.73 Å². The molecule has 1 aromatic heterocycles. The summed E-state index contributed by atoms with van der Waals surface area (Å²) in [6.07, 6.45) is 0. The Bertz CT molecular complexity index is 300. The summed E-state index contributed by atoms with van der Waals surface area (Å²) >= 11 is 8.47. The maximum absolute atomic E-state index is 10.8. The Morgan fingerprint density at radius 1 is 1.85 bits per heavy atom. The van der Waals surface area contributed by atoms with Gasteiger partial charge in [-0.05, 0) is 28.8 Å². The van der Waals surface area contributed by atoms with Gasteiger partial charge in [0.05, 0.1) is 0 Å². The SMILES string of the molecule is CCSc1ccsc1C(N)C(=O)Cl. The fourth-order valence-corrected chi connectivity index (χ4v) is 3.03. The summed E-state index contributed by atoms with van der Waals surface area (Å²) in [6, 6.07) is 1.30. The zero-order chi connectivity index (χ0) is 9.84. The topological polar surface area (TPSA) is 43.1 Å². The third kappa shape index (κ3) is 2.71. The minimum absolute atomic E-state index is 0.500. The molecule has 0 bridgehead atoms. The number of thioether (sulfide) groups is 1. The van der Waals surface area contributed by atoms with Gasteiger partial charge in [-0.15, -0.1) is 23.1 Å². The lowest BCUT2D eigenvalue weighted by Gasteiger charge is -2.06. The van der Waals surface area contributed by atoms with E-state index < -0.39 is 11.3 Å². The molecule has 2 N–H and O–H groups in total. The molecule has 0 radical (unpaired) electrons. The fraction of sp³-hybridized carbons (Fsp3) is 0.375. The van der Waals surface area contributed by atoms with E-state index in [1.165, 1.54) is 11.3 Å². The molecular formula is C8H10ClNOS2. The molecule has 1 rings (SSSR count). The molecule has 0 aliphatic heterocycles. The van der Waals surface area contributed by atoms with Crippen molar-refractivity contribution in [1.29, 1.82) is 0 Å². The molecule has 0 fully saturated rings. The Balaban J connectivity index is 2.86. The van der Waals surface area contributed by atoms with Crippen LogP contribution in [0, 0.1) is 0 Å². The molecule has 1 unspecified atom stereocenters. The number of carbonyl (C=O) groups is 1. The molecule has 0 amide bonds. The molecule has 0 aliphatic carbocycles. The van der Waals surface area contributed by atoms with E-state index in [9.17, 15) is 4.79 Å². The van der Waals surface area contributed by atoms with E-state index in [0.29, 0.717) is 0 Å². The van der Waals surface area contributed by atoms with E-state index in [-0.39, 0.29) is 0 Å². The molecule has 1 heterocycles. The molecule has 5 heteroatoms. The van der Waals surface area contributed by atoms with Gasteiger partial charge in [0, 0.05) is 9.77 Å². The number of thiophene rings is 1. The Labute approximate surface area is 90.5 Å². The zero-order valence-electron chi connectivity index (χ0n) is 7.12. The van der Waals surface area contributed by atoms with Crippen molar-refractivity contribution in [2.75, 3.05) is 5.75 Å². The summed E-state index contributed by atoms with van der Waals surface area (Å²) in [4.78, 5) is 12.8. The Hall–Kier alpha value is -0.0300. The fourth-order valence-electron chi connectivity index (χ4n) is 0.914. The van der Waals surface area contributed by atoms with Gasteiger partial charge in [-0.1, -0.05) is 6.92 Å². The van der Waals surface area contributed by atoms with Crippen molar-refractivity contribution in [3.8, 4) is 0 Å². The van der Waals surface area contributed by atoms with Crippen molar-refractivity contribution in [3.63, 3.8) is 0 Å². The minimum atomic E-state index is -0.671. The Kier molecular flexibility index (Phi) is 4.25. The van der Waals surface area contributed by atoms with Gasteiger partial charge in [0.15, 0.2) is 0 Å². The lowest BCUT2D eigenvalue weighted by Crippen LogP contribution is -2.16. The highest BCUT2D eigenvalue weighted by Crippen LogP contribution is 2.32. The predicted molar refractivity (Wildman–Crippen MR) is 58.5 cm³/mol. The van der Waals surface area contributed by atoms with Crippen LogP contribution in [0.15, 0.2) is 16.3 Å². The quantitative estimate of drug-likeness (QED) is 0.645. The van der Waals surface area contributed by atoms with Gasteiger partial charge in [-0.2, -0.15) is 0 Å². The molecule has 1 atom stereocenters. The van der Waals surface area contributed by atoms with Crippen molar-refractivity contribution in [1.82, 2.24) is 0 Å². The van der Waals surface area contributed by atoms with Crippen molar-refractivity contribution >= 4 is 39.9 Å². The largest absolute Gasteiger partial charge is 0.316 e. The van der Waals surface area contributed by atoms with Gasteiger partial charge in [-0.25, -0.2) is 0 Å². The molecule has 2 nitrogen and oxygen atoms in total. The molecule has 13 heavy (non-hydrogen) atoms. The molecule has 0 aliphatic rings. The number of hydrogen-bond donors (Lipinski definition) is 1. The van der Waals surface area contributed by atoms with Crippen LogP contribution >= 0.6 is 34.7 Å². The van der Waals surface area contributed by atoms with E-state index in [1.54, 1.807) is 11.8 Å². The molecule has 0 spiro atoms. The van der Waals surface area contributed by atoms with Gasteiger partial charge < -0.3 is 5.73 Å². The standard InChI is InChI=1S/C8H10ClNOS2/c1-2-12-5-3-4-13-7(5)6(10)8(9)11/h3-4,6H,2,10H2,1H3. The van der Waals surface area contributed by atoms with Crippen LogP contribution in [0.3, 0.4) is 0 Å². The number of hydrogen-bond acceptors (Lipinski definition) is 4. The summed E-state index contributed by atoms with van der Waals surface area (Å²) < 4.78 is 0. The second-order valence-corrected chi connectivity index (χ2v) is 4.99. The molecule has 1 aromatic rings. The normalized spacial score (nSPS) is 12.8. The first-order valence-corrected chi connectivity index (χ1v) is 6.06. The summed E-state index contributed by atoms with van der Waals surface area (Å²) in [5.74, 6) is 0.965. The number of carbonyl (C=O) groups excluding carboxylic acids is 1. The van der Waals surface area contributed by atoms with Gasteiger partial charge in [-0.3, -0.25) is 4.79 Å². The molecule has 0 aromatic carbocycles. The highest BCUT2D eigenvalue weighted by Gasteiger charge is 2.18. The summed E-state index contributed by atoms with van der Waals surface area (Å²) in [7, 11) is 0. The van der Waals surface area contributed by atoms with Crippen LogP contribution < -0.4 is 5.73 Å². The lowest BCUT2D eigenvalue weighted by molar-refractivity contribution is -0.112. The van der Waals surface area contributed by atoms with E-state index in [4.69, 9.17) is 17.3 Å². The number of halogens is 1. The smallest absolute Gasteiger partial charge is 0.243 e. The van der Waals surface area contributed by atoms with Gasteiger partial charge in [0.2, 0.25) is 5.24 Å². The predicted octanol–water partition coefficient (Wildman–Crippen LogP) is 2.63. The van der Waals surface area contributed by atoms with Gasteiger partial charge >= 0.3 is 0 Å².